The number of ether oxygens (including phenoxy) is 1. The predicted octanol–water partition coefficient (Wildman–Crippen LogP) is 0.267. The summed E-state index contributed by atoms with van der Waals surface area (Å²) < 4.78 is 5.05. The molecule has 2 rings (SSSR count). The predicted molar refractivity (Wildman–Crippen MR) is 70.3 cm³/mol. The molecule has 1 aliphatic heterocycles. The highest BCUT2D eigenvalue weighted by Crippen LogP contribution is 2.34. The fourth-order valence-electron chi connectivity index (χ4n) is 2.90. The Morgan fingerprint density at radius 2 is 2.11 bits per heavy atom. The van der Waals surface area contributed by atoms with Crippen molar-refractivity contribution < 1.29 is 9.53 Å². The van der Waals surface area contributed by atoms with Crippen molar-refractivity contribution >= 4 is 5.91 Å². The topological polar surface area (TPSA) is 44.8 Å². The normalized spacial score (nSPS) is 22.6. The number of nitrogens with zero attached hydrogens (tertiary/aromatic N) is 2. The molecular formula is C13H25N3O2. The Kier molecular flexibility index (Phi) is 4.59. The van der Waals surface area contributed by atoms with Crippen LogP contribution in [0.5, 0.6) is 0 Å². The molecule has 1 amide bonds. The van der Waals surface area contributed by atoms with E-state index in [0.29, 0.717) is 5.91 Å². The van der Waals surface area contributed by atoms with Gasteiger partial charge < -0.3 is 14.5 Å². The second-order valence-electron chi connectivity index (χ2n) is 5.49. The van der Waals surface area contributed by atoms with E-state index in [0.717, 1.165) is 45.8 Å². The van der Waals surface area contributed by atoms with Gasteiger partial charge in [0.2, 0.25) is 5.91 Å². The largest absolute Gasteiger partial charge is 0.383 e. The van der Waals surface area contributed by atoms with Crippen LogP contribution in [0, 0.1) is 0 Å². The van der Waals surface area contributed by atoms with Crippen molar-refractivity contribution in [3.63, 3.8) is 0 Å². The number of hydrogen-bond acceptors (Lipinski definition) is 4. The van der Waals surface area contributed by atoms with E-state index in [4.69, 9.17) is 4.74 Å². The molecular weight excluding hydrogens is 230 g/mol. The molecule has 104 valence electrons. The lowest BCUT2D eigenvalue weighted by atomic mass is 9.98. The summed E-state index contributed by atoms with van der Waals surface area (Å²) in [6, 6.07) is 0. The molecule has 1 saturated heterocycles. The number of methoxy groups -OCH3 is 1. The number of amides is 1. The van der Waals surface area contributed by atoms with E-state index in [-0.39, 0.29) is 5.54 Å². The summed E-state index contributed by atoms with van der Waals surface area (Å²) in [5.74, 6) is 0.320. The van der Waals surface area contributed by atoms with Crippen LogP contribution in [0.1, 0.15) is 25.7 Å². The first-order valence-corrected chi connectivity index (χ1v) is 6.90. The van der Waals surface area contributed by atoms with Crippen molar-refractivity contribution in [3.05, 3.63) is 0 Å². The highest BCUT2D eigenvalue weighted by molar-refractivity contribution is 5.88. The highest BCUT2D eigenvalue weighted by atomic mass is 16.5. The Labute approximate surface area is 109 Å². The zero-order chi connectivity index (χ0) is 13.0. The molecule has 2 fully saturated rings. The zero-order valence-electron chi connectivity index (χ0n) is 11.6. The van der Waals surface area contributed by atoms with Crippen LogP contribution in [0.3, 0.4) is 0 Å². The van der Waals surface area contributed by atoms with Crippen molar-refractivity contribution in [1.82, 2.24) is 15.1 Å². The maximum absolute atomic E-state index is 12.4. The van der Waals surface area contributed by atoms with Crippen LogP contribution in [0.4, 0.5) is 0 Å². The highest BCUT2D eigenvalue weighted by Gasteiger charge is 2.47. The lowest BCUT2D eigenvalue weighted by Gasteiger charge is -2.23. The van der Waals surface area contributed by atoms with Gasteiger partial charge in [-0.25, -0.2) is 0 Å². The molecule has 0 bridgehead atoms. The third kappa shape index (κ3) is 2.84. The molecule has 0 aromatic carbocycles. The summed E-state index contributed by atoms with van der Waals surface area (Å²) in [5, 5.41) is 3.43. The van der Waals surface area contributed by atoms with E-state index in [2.05, 4.69) is 17.3 Å². The molecule has 1 saturated carbocycles. The minimum absolute atomic E-state index is 0.203. The average molecular weight is 255 g/mol. The van der Waals surface area contributed by atoms with Crippen molar-refractivity contribution in [1.29, 1.82) is 0 Å². The van der Waals surface area contributed by atoms with Gasteiger partial charge in [-0.2, -0.15) is 0 Å². The summed E-state index contributed by atoms with van der Waals surface area (Å²) in [6.07, 6.45) is 4.39. The summed E-state index contributed by atoms with van der Waals surface area (Å²) in [5.41, 5.74) is -0.203. The van der Waals surface area contributed by atoms with E-state index >= 15 is 0 Å². The molecule has 5 heteroatoms. The van der Waals surface area contributed by atoms with Crippen LogP contribution in [-0.4, -0.2) is 68.3 Å². The Morgan fingerprint density at radius 3 is 2.78 bits per heavy atom. The lowest BCUT2D eigenvalue weighted by Crippen LogP contribution is -2.44. The summed E-state index contributed by atoms with van der Waals surface area (Å²) in [6.45, 7) is 4.10. The van der Waals surface area contributed by atoms with Gasteiger partial charge in [-0.1, -0.05) is 12.8 Å². The van der Waals surface area contributed by atoms with Crippen LogP contribution in [0.15, 0.2) is 0 Å². The average Bonchev–Trinajstić information content (AvgIpc) is 2.96. The Morgan fingerprint density at radius 1 is 1.39 bits per heavy atom. The minimum Gasteiger partial charge on any atom is -0.383 e. The zero-order valence-corrected chi connectivity index (χ0v) is 11.6. The molecule has 0 atom stereocenters. The van der Waals surface area contributed by atoms with Crippen molar-refractivity contribution in [3.8, 4) is 0 Å². The van der Waals surface area contributed by atoms with Gasteiger partial charge in [0.25, 0.3) is 0 Å². The van der Waals surface area contributed by atoms with E-state index in [1.54, 1.807) is 7.11 Å². The molecule has 5 nitrogen and oxygen atoms in total. The summed E-state index contributed by atoms with van der Waals surface area (Å²) >= 11 is 0. The maximum Gasteiger partial charge on any atom is 0.244 e. The van der Waals surface area contributed by atoms with Crippen molar-refractivity contribution in [2.24, 2.45) is 0 Å². The number of hydrogen-bond donors (Lipinski definition) is 1. The molecule has 1 aliphatic carbocycles. The first kappa shape index (κ1) is 13.8. The van der Waals surface area contributed by atoms with Crippen LogP contribution in [-0.2, 0) is 9.53 Å². The number of rotatable bonds is 6. The van der Waals surface area contributed by atoms with Gasteiger partial charge in [-0.05, 0) is 19.9 Å². The van der Waals surface area contributed by atoms with Gasteiger partial charge in [-0.3, -0.25) is 10.1 Å². The summed E-state index contributed by atoms with van der Waals surface area (Å²) in [4.78, 5) is 16.5. The Balaban J connectivity index is 1.76. The minimum atomic E-state index is -0.203. The first-order chi connectivity index (χ1) is 8.68. The van der Waals surface area contributed by atoms with Gasteiger partial charge in [0.1, 0.15) is 0 Å². The molecule has 1 N–H and O–H groups in total. The second kappa shape index (κ2) is 5.99. The molecule has 1 spiro atoms. The molecule has 1 heterocycles. The Bertz CT molecular complexity index is 290. The Hall–Kier alpha value is -0.650. The van der Waals surface area contributed by atoms with Crippen LogP contribution >= 0.6 is 0 Å². The lowest BCUT2D eigenvalue weighted by molar-refractivity contribution is -0.132. The van der Waals surface area contributed by atoms with Crippen LogP contribution in [0.25, 0.3) is 0 Å². The molecule has 2 aliphatic rings. The van der Waals surface area contributed by atoms with E-state index in [1.807, 2.05) is 4.90 Å². The molecule has 0 aromatic heterocycles. The molecule has 0 unspecified atom stereocenters. The van der Waals surface area contributed by atoms with Crippen molar-refractivity contribution in [2.45, 2.75) is 31.2 Å². The first-order valence-electron chi connectivity index (χ1n) is 6.90. The van der Waals surface area contributed by atoms with Gasteiger partial charge in [-0.15, -0.1) is 0 Å². The number of carbonyl (C=O) groups excluding carboxylic acids is 1. The third-order valence-corrected chi connectivity index (χ3v) is 4.19. The quantitative estimate of drug-likeness (QED) is 0.740. The fraction of sp³-hybridized carbons (Fsp3) is 0.923. The fourth-order valence-corrected chi connectivity index (χ4v) is 2.90. The second-order valence-corrected chi connectivity index (χ2v) is 5.49. The number of nitrogens with one attached hydrogen (secondary N) is 1. The standard InChI is InChI=1S/C13H25N3O2/c1-15(9-10-18-2)7-8-16-11-14-13(12(16)17)5-3-4-6-13/h14H,3-11H2,1-2H3. The van der Waals surface area contributed by atoms with E-state index in [9.17, 15) is 4.79 Å². The number of likely N-dealkylation sites (N-methyl/N-ethyl adjacent to an activating group) is 1. The van der Waals surface area contributed by atoms with Gasteiger partial charge in [0.15, 0.2) is 0 Å². The SMILES string of the molecule is COCCN(C)CCN1CNC2(CCCC2)C1=O. The number of carbonyl (C=O) groups is 1. The molecule has 0 radical (unpaired) electrons. The smallest absolute Gasteiger partial charge is 0.244 e. The van der Waals surface area contributed by atoms with Gasteiger partial charge in [0, 0.05) is 26.7 Å². The van der Waals surface area contributed by atoms with Crippen LogP contribution in [0.2, 0.25) is 0 Å². The monoisotopic (exact) mass is 255 g/mol. The van der Waals surface area contributed by atoms with E-state index in [1.165, 1.54) is 12.8 Å². The summed E-state index contributed by atoms with van der Waals surface area (Å²) in [7, 11) is 3.78. The van der Waals surface area contributed by atoms with E-state index < -0.39 is 0 Å². The third-order valence-electron chi connectivity index (χ3n) is 4.19. The molecule has 0 aromatic rings. The van der Waals surface area contributed by atoms with Gasteiger partial charge >= 0.3 is 0 Å². The van der Waals surface area contributed by atoms with Gasteiger partial charge in [0.05, 0.1) is 18.8 Å². The maximum atomic E-state index is 12.4. The molecule has 18 heavy (non-hydrogen) atoms. The van der Waals surface area contributed by atoms with Crippen LogP contribution < -0.4 is 5.32 Å². The van der Waals surface area contributed by atoms with Crippen molar-refractivity contribution in [2.75, 3.05) is 47.1 Å².